The Labute approximate surface area is 119 Å². The van der Waals surface area contributed by atoms with E-state index in [0.717, 1.165) is 0 Å². The van der Waals surface area contributed by atoms with Gasteiger partial charge in [-0.3, -0.25) is 4.79 Å². The van der Waals surface area contributed by atoms with Crippen LogP contribution in [0.1, 0.15) is 34.6 Å². The van der Waals surface area contributed by atoms with E-state index in [2.05, 4.69) is 0 Å². The first-order valence-electron chi connectivity index (χ1n) is 5.08. The van der Waals surface area contributed by atoms with Crippen molar-refractivity contribution in [2.45, 2.75) is 34.6 Å². The predicted molar refractivity (Wildman–Crippen MR) is 65.3 cm³/mol. The van der Waals surface area contributed by atoms with Gasteiger partial charge < -0.3 is 20.4 Å². The SMILES string of the molecule is CC(=O)C=C(C)O.CCO.CCO.CCO.[Ti]. The van der Waals surface area contributed by atoms with E-state index in [-0.39, 0.29) is 53.1 Å². The third-order valence-electron chi connectivity index (χ3n) is 0.412. The summed E-state index contributed by atoms with van der Waals surface area (Å²) in [6, 6.07) is 0. The average molecular weight is 286 g/mol. The van der Waals surface area contributed by atoms with Crippen LogP contribution in [0.2, 0.25) is 0 Å². The predicted octanol–water partition coefficient (Wildman–Crippen LogP) is 1.03. The molecule has 5 nitrogen and oxygen atoms in total. The van der Waals surface area contributed by atoms with Gasteiger partial charge in [-0.1, -0.05) is 0 Å². The van der Waals surface area contributed by atoms with E-state index in [1.165, 1.54) is 19.9 Å². The molecule has 6 heteroatoms. The van der Waals surface area contributed by atoms with E-state index < -0.39 is 0 Å². The van der Waals surface area contributed by atoms with Gasteiger partial charge in [0.15, 0.2) is 5.78 Å². The van der Waals surface area contributed by atoms with E-state index in [4.69, 9.17) is 20.4 Å². The van der Waals surface area contributed by atoms with Crippen LogP contribution in [0.25, 0.3) is 0 Å². The van der Waals surface area contributed by atoms with E-state index in [9.17, 15) is 4.79 Å². The number of rotatable bonds is 1. The Morgan fingerprint density at radius 1 is 0.941 bits per heavy atom. The third kappa shape index (κ3) is 208. The fourth-order valence-corrected chi connectivity index (χ4v) is 0.294. The van der Waals surface area contributed by atoms with Crippen molar-refractivity contribution in [1.82, 2.24) is 0 Å². The summed E-state index contributed by atoms with van der Waals surface area (Å²) in [4.78, 5) is 10.0. The largest absolute Gasteiger partial charge is 0.512 e. The van der Waals surface area contributed by atoms with Gasteiger partial charge in [-0.25, -0.2) is 0 Å². The van der Waals surface area contributed by atoms with Gasteiger partial charge in [-0.2, -0.15) is 0 Å². The van der Waals surface area contributed by atoms with Gasteiger partial charge in [0.25, 0.3) is 0 Å². The Bertz CT molecular complexity index is 140. The van der Waals surface area contributed by atoms with Crippen molar-refractivity contribution >= 4 is 5.78 Å². The summed E-state index contributed by atoms with van der Waals surface area (Å²) < 4.78 is 0. The molecule has 0 spiro atoms. The first-order chi connectivity index (χ1) is 7.37. The van der Waals surface area contributed by atoms with Crippen molar-refractivity contribution in [2.75, 3.05) is 19.8 Å². The van der Waals surface area contributed by atoms with E-state index in [1.807, 2.05) is 0 Å². The fourth-order valence-electron chi connectivity index (χ4n) is 0.294. The van der Waals surface area contributed by atoms with Crippen LogP contribution in [0.5, 0.6) is 0 Å². The molecular formula is C11H26O5Ti. The number of ketones is 1. The van der Waals surface area contributed by atoms with Crippen LogP contribution >= 0.6 is 0 Å². The second kappa shape index (κ2) is 36.0. The maximum absolute atomic E-state index is 10.0. The number of allylic oxidation sites excluding steroid dienone is 2. The van der Waals surface area contributed by atoms with Crippen LogP contribution in [0.15, 0.2) is 11.8 Å². The van der Waals surface area contributed by atoms with E-state index >= 15 is 0 Å². The van der Waals surface area contributed by atoms with Crippen molar-refractivity contribution in [3.8, 4) is 0 Å². The standard InChI is InChI=1S/C5H8O2.3C2H6O.Ti/c1-4(6)3-5(2)7;3*1-2-3;/h3,6H,1-2H3;3*3H,2H2,1H3;. The Morgan fingerprint density at radius 3 is 1.12 bits per heavy atom. The molecule has 0 heterocycles. The summed E-state index contributed by atoms with van der Waals surface area (Å²) in [5.41, 5.74) is 0. The van der Waals surface area contributed by atoms with Crippen LogP contribution in [0.3, 0.4) is 0 Å². The molecule has 0 aromatic rings. The van der Waals surface area contributed by atoms with Crippen molar-refractivity contribution < 1.29 is 46.9 Å². The van der Waals surface area contributed by atoms with Crippen molar-refractivity contribution in [2.24, 2.45) is 0 Å². The van der Waals surface area contributed by atoms with Gasteiger partial charge in [0.2, 0.25) is 0 Å². The number of hydrogen-bond donors (Lipinski definition) is 4. The molecule has 4 N–H and O–H groups in total. The number of carbonyl (C=O) groups excluding carboxylic acids is 1. The molecule has 0 rings (SSSR count). The molecule has 0 aliphatic heterocycles. The molecule has 0 saturated carbocycles. The molecular weight excluding hydrogens is 260 g/mol. The number of aliphatic hydroxyl groups is 4. The second-order valence-corrected chi connectivity index (χ2v) is 2.35. The van der Waals surface area contributed by atoms with Gasteiger partial charge in [-0.15, -0.1) is 0 Å². The Kier molecular flexibility index (Phi) is 63.8. The van der Waals surface area contributed by atoms with Crippen molar-refractivity contribution in [3.05, 3.63) is 11.8 Å². The van der Waals surface area contributed by atoms with Gasteiger partial charge in [-0.05, 0) is 34.6 Å². The van der Waals surface area contributed by atoms with Crippen LogP contribution < -0.4 is 0 Å². The Hall–Kier alpha value is -0.196. The summed E-state index contributed by atoms with van der Waals surface area (Å²) >= 11 is 0. The zero-order chi connectivity index (χ0) is 14.0. The number of hydrogen-bond acceptors (Lipinski definition) is 5. The number of carbonyl (C=O) groups is 1. The molecule has 0 saturated heterocycles. The smallest absolute Gasteiger partial charge is 0.155 e. The monoisotopic (exact) mass is 286 g/mol. The summed E-state index contributed by atoms with van der Waals surface area (Å²) in [6.45, 7) is 8.64. The third-order valence-corrected chi connectivity index (χ3v) is 0.412. The van der Waals surface area contributed by atoms with Gasteiger partial charge in [0, 0.05) is 47.6 Å². The quantitative estimate of drug-likeness (QED) is 0.328. The topological polar surface area (TPSA) is 98.0 Å². The number of aliphatic hydroxyl groups excluding tert-OH is 4. The second-order valence-electron chi connectivity index (χ2n) is 2.35. The van der Waals surface area contributed by atoms with E-state index in [0.29, 0.717) is 0 Å². The molecule has 0 fully saturated rings. The van der Waals surface area contributed by atoms with Gasteiger partial charge >= 0.3 is 0 Å². The van der Waals surface area contributed by atoms with Crippen LogP contribution in [0.4, 0.5) is 0 Å². The maximum Gasteiger partial charge on any atom is 0.155 e. The summed E-state index contributed by atoms with van der Waals surface area (Å²) in [5, 5.41) is 31.1. The zero-order valence-electron chi connectivity index (χ0n) is 11.4. The van der Waals surface area contributed by atoms with Crippen molar-refractivity contribution in [3.63, 3.8) is 0 Å². The Balaban J connectivity index is -0.0000000411. The fraction of sp³-hybridized carbons (Fsp3) is 0.727. The minimum atomic E-state index is -0.125. The van der Waals surface area contributed by atoms with Gasteiger partial charge in [0.1, 0.15) is 0 Å². The van der Waals surface area contributed by atoms with Crippen LogP contribution in [-0.4, -0.2) is 46.0 Å². The average Bonchev–Trinajstić information content (AvgIpc) is 2.04. The summed E-state index contributed by atoms with van der Waals surface area (Å²) in [7, 11) is 0. The first-order valence-corrected chi connectivity index (χ1v) is 5.08. The molecule has 0 radical (unpaired) electrons. The minimum absolute atomic E-state index is 0. The molecule has 0 amide bonds. The molecule has 0 aromatic heterocycles. The molecule has 17 heavy (non-hydrogen) atoms. The first kappa shape index (κ1) is 30.1. The molecule has 0 aliphatic rings. The van der Waals surface area contributed by atoms with Crippen LogP contribution in [0, 0.1) is 0 Å². The van der Waals surface area contributed by atoms with E-state index in [1.54, 1.807) is 20.8 Å². The maximum atomic E-state index is 10.0. The molecule has 0 bridgehead atoms. The zero-order valence-corrected chi connectivity index (χ0v) is 13.0. The minimum Gasteiger partial charge on any atom is -0.512 e. The molecule has 0 unspecified atom stereocenters. The normalized spacial score (nSPS) is 7.88. The summed E-state index contributed by atoms with van der Waals surface area (Å²) in [6.07, 6.45) is 1.17. The van der Waals surface area contributed by atoms with Gasteiger partial charge in [0.05, 0.1) is 5.76 Å². The van der Waals surface area contributed by atoms with Crippen LogP contribution in [-0.2, 0) is 26.5 Å². The molecule has 0 aliphatic carbocycles. The molecule has 104 valence electrons. The van der Waals surface area contributed by atoms with Crippen molar-refractivity contribution in [1.29, 1.82) is 0 Å². The Morgan fingerprint density at radius 2 is 1.12 bits per heavy atom. The molecule has 0 atom stereocenters. The molecule has 0 aromatic carbocycles. The summed E-state index contributed by atoms with van der Waals surface area (Å²) in [5.74, 6) is -0.0625.